The Morgan fingerprint density at radius 2 is 1.26 bits per heavy atom. The fraction of sp³-hybridized carbons (Fsp3) is 0.0345. The first kappa shape index (κ1) is 28.3. The van der Waals surface area contributed by atoms with Gasteiger partial charge in [-0.2, -0.15) is 0 Å². The van der Waals surface area contributed by atoms with Crippen molar-refractivity contribution in [2.45, 2.75) is 6.54 Å². The molecule has 0 spiro atoms. The van der Waals surface area contributed by atoms with Gasteiger partial charge in [-0.1, -0.05) is 46.9 Å². The van der Waals surface area contributed by atoms with Gasteiger partial charge in [0.15, 0.2) is 11.6 Å². The van der Waals surface area contributed by atoms with Gasteiger partial charge < -0.3 is 5.32 Å². The van der Waals surface area contributed by atoms with Crippen molar-refractivity contribution in [2.75, 3.05) is 5.32 Å². The molecule has 1 N–H and O–H groups in total. The molecule has 0 saturated heterocycles. The lowest BCUT2D eigenvalue weighted by molar-refractivity contribution is 0.627. The zero-order valence-electron chi connectivity index (χ0n) is 21.3. The molecule has 0 aliphatic rings. The molecule has 0 unspecified atom stereocenters. The van der Waals surface area contributed by atoms with E-state index in [1.165, 1.54) is 34.8 Å². The lowest BCUT2D eigenvalue weighted by Gasteiger charge is -2.09. The van der Waals surface area contributed by atoms with Gasteiger partial charge in [0, 0.05) is 42.5 Å². The number of hydrogen-bond acceptors (Lipinski definition) is 9. The molecule has 6 aromatic heterocycles. The van der Waals surface area contributed by atoms with Gasteiger partial charge in [-0.25, -0.2) is 24.3 Å². The van der Waals surface area contributed by atoms with Crippen LogP contribution in [-0.2, 0) is 6.54 Å². The highest BCUT2D eigenvalue weighted by Gasteiger charge is 2.13. The molecule has 208 valence electrons. The fourth-order valence-corrected chi connectivity index (χ4v) is 6.38. The van der Waals surface area contributed by atoms with Crippen molar-refractivity contribution in [1.82, 2.24) is 29.9 Å². The molecule has 42 heavy (non-hydrogen) atoms. The number of rotatable bonds is 5. The molecule has 0 bridgehead atoms. The summed E-state index contributed by atoms with van der Waals surface area (Å²) in [6.45, 7) is 0.520. The van der Waals surface area contributed by atoms with Crippen LogP contribution in [0.15, 0.2) is 85.5 Å². The maximum absolute atomic E-state index is 13.0. The summed E-state index contributed by atoms with van der Waals surface area (Å²) in [6.07, 6.45) is 6.83. The standard InChI is InChI=1S/C18H12ClFN4S.C11H5Cl2N3S/c19-15-8-14-17(22-9-11-3-5-13(20)6-4-11)23-16(24-18(14)25-15)12-2-1-7-21-10-12;12-8-4-7-9(13)15-10(16-11(7)17-8)6-2-1-3-14-5-6/h1-8,10H,9H2,(H,22,23,24);1-5H. The van der Waals surface area contributed by atoms with Crippen molar-refractivity contribution in [3.63, 3.8) is 0 Å². The number of anilines is 1. The minimum absolute atomic E-state index is 0.253. The zero-order valence-corrected chi connectivity index (χ0v) is 25.2. The Bertz CT molecular complexity index is 1990. The first-order valence-corrected chi connectivity index (χ1v) is 15.1. The van der Waals surface area contributed by atoms with Gasteiger partial charge in [0.1, 0.15) is 26.4 Å². The van der Waals surface area contributed by atoms with Crippen LogP contribution < -0.4 is 5.32 Å². The van der Waals surface area contributed by atoms with E-state index in [0.29, 0.717) is 37.8 Å². The molecule has 7 rings (SSSR count). The monoisotopic (exact) mass is 651 g/mol. The second kappa shape index (κ2) is 12.6. The van der Waals surface area contributed by atoms with Crippen LogP contribution in [0.4, 0.5) is 10.2 Å². The van der Waals surface area contributed by atoms with Crippen LogP contribution in [0.25, 0.3) is 43.2 Å². The number of fused-ring (bicyclic) bond motifs is 2. The Morgan fingerprint density at radius 1 is 0.690 bits per heavy atom. The lowest BCUT2D eigenvalue weighted by Crippen LogP contribution is -2.03. The normalized spacial score (nSPS) is 11.0. The van der Waals surface area contributed by atoms with E-state index >= 15 is 0 Å². The van der Waals surface area contributed by atoms with Crippen molar-refractivity contribution in [3.8, 4) is 22.8 Å². The molecule has 0 aliphatic carbocycles. The van der Waals surface area contributed by atoms with Crippen molar-refractivity contribution >= 4 is 83.7 Å². The molecule has 0 aliphatic heterocycles. The van der Waals surface area contributed by atoms with Gasteiger partial charge in [-0.3, -0.25) is 9.97 Å². The van der Waals surface area contributed by atoms with Crippen LogP contribution in [0, 0.1) is 5.82 Å². The number of thiophene rings is 2. The van der Waals surface area contributed by atoms with Gasteiger partial charge in [-0.15, -0.1) is 22.7 Å². The molecule has 7 aromatic rings. The quantitative estimate of drug-likeness (QED) is 0.185. The van der Waals surface area contributed by atoms with E-state index in [1.807, 2.05) is 30.3 Å². The summed E-state index contributed by atoms with van der Waals surface area (Å²) in [4.78, 5) is 27.6. The summed E-state index contributed by atoms with van der Waals surface area (Å²) in [5.74, 6) is 1.59. The zero-order chi connectivity index (χ0) is 29.1. The van der Waals surface area contributed by atoms with Gasteiger partial charge in [-0.05, 0) is 54.1 Å². The largest absolute Gasteiger partial charge is 0.365 e. The number of aromatic nitrogens is 6. The number of halogens is 4. The Hall–Kier alpha value is -3.80. The summed E-state index contributed by atoms with van der Waals surface area (Å²) in [5, 5.41) is 5.37. The predicted octanol–water partition coefficient (Wildman–Crippen LogP) is 9.22. The Labute approximate surface area is 262 Å². The molecule has 0 fully saturated rings. The molecule has 0 saturated carbocycles. The van der Waals surface area contributed by atoms with Crippen LogP contribution in [-0.4, -0.2) is 29.9 Å². The van der Waals surface area contributed by atoms with Crippen molar-refractivity contribution in [1.29, 1.82) is 0 Å². The van der Waals surface area contributed by atoms with Gasteiger partial charge in [0.2, 0.25) is 0 Å². The van der Waals surface area contributed by atoms with Crippen LogP contribution >= 0.6 is 57.5 Å². The van der Waals surface area contributed by atoms with E-state index < -0.39 is 0 Å². The van der Waals surface area contributed by atoms with Crippen LogP contribution in [0.1, 0.15) is 5.56 Å². The molecular formula is C29H17Cl3FN7S2. The summed E-state index contributed by atoms with van der Waals surface area (Å²) in [5.41, 5.74) is 2.62. The van der Waals surface area contributed by atoms with Crippen LogP contribution in [0.3, 0.4) is 0 Å². The number of pyridine rings is 2. The van der Waals surface area contributed by atoms with Crippen LogP contribution in [0.2, 0.25) is 13.8 Å². The van der Waals surface area contributed by atoms with Crippen molar-refractivity contribution in [3.05, 3.63) is 111 Å². The molecule has 7 nitrogen and oxygen atoms in total. The Morgan fingerprint density at radius 3 is 1.86 bits per heavy atom. The highest BCUT2D eigenvalue weighted by Crippen LogP contribution is 2.35. The number of nitrogens with one attached hydrogen (secondary N) is 1. The highest BCUT2D eigenvalue weighted by molar-refractivity contribution is 7.22. The van der Waals surface area contributed by atoms with Gasteiger partial charge >= 0.3 is 0 Å². The van der Waals surface area contributed by atoms with Gasteiger partial charge in [0.05, 0.1) is 19.4 Å². The summed E-state index contributed by atoms with van der Waals surface area (Å²) >= 11 is 21.0. The second-order valence-electron chi connectivity index (χ2n) is 8.74. The molecule has 1 aromatic carbocycles. The van der Waals surface area contributed by atoms with E-state index in [0.717, 1.165) is 37.1 Å². The van der Waals surface area contributed by atoms with Crippen LogP contribution in [0.5, 0.6) is 0 Å². The third kappa shape index (κ3) is 6.48. The predicted molar refractivity (Wildman–Crippen MR) is 170 cm³/mol. The number of hydrogen-bond donors (Lipinski definition) is 1. The third-order valence-electron chi connectivity index (χ3n) is 5.89. The molecule has 13 heteroatoms. The first-order valence-electron chi connectivity index (χ1n) is 12.3. The second-order valence-corrected chi connectivity index (χ2v) is 12.4. The molecule has 6 heterocycles. The molecular weight excluding hydrogens is 636 g/mol. The summed E-state index contributed by atoms with van der Waals surface area (Å²) in [6, 6.07) is 17.5. The fourth-order valence-electron chi connectivity index (χ4n) is 3.92. The topological polar surface area (TPSA) is 89.4 Å². The third-order valence-corrected chi connectivity index (χ3v) is 8.50. The average Bonchev–Trinajstić information content (AvgIpc) is 3.59. The maximum Gasteiger partial charge on any atom is 0.164 e. The smallest absolute Gasteiger partial charge is 0.164 e. The molecule has 0 amide bonds. The van der Waals surface area contributed by atoms with E-state index in [1.54, 1.807) is 43.0 Å². The van der Waals surface area contributed by atoms with Gasteiger partial charge in [0.25, 0.3) is 0 Å². The number of nitrogens with zero attached hydrogens (tertiary/aromatic N) is 6. The minimum atomic E-state index is -0.253. The maximum atomic E-state index is 13.0. The van der Waals surface area contributed by atoms with Crippen molar-refractivity contribution in [2.24, 2.45) is 0 Å². The Kier molecular flexibility index (Phi) is 8.50. The minimum Gasteiger partial charge on any atom is -0.365 e. The molecule has 0 atom stereocenters. The SMILES string of the molecule is Clc1cc2c(Cl)nc(-c3cccnc3)nc2s1.Fc1ccc(CNc2nc(-c3cccnc3)nc3sc(Cl)cc23)cc1. The first-order chi connectivity index (χ1) is 20.4. The van der Waals surface area contributed by atoms with E-state index in [4.69, 9.17) is 34.8 Å². The van der Waals surface area contributed by atoms with E-state index in [9.17, 15) is 4.39 Å². The summed E-state index contributed by atoms with van der Waals surface area (Å²) < 4.78 is 14.3. The molecule has 0 radical (unpaired) electrons. The Balaban J connectivity index is 0.000000162. The van der Waals surface area contributed by atoms with E-state index in [-0.39, 0.29) is 5.82 Å². The number of benzene rings is 1. The lowest BCUT2D eigenvalue weighted by atomic mass is 10.2. The van der Waals surface area contributed by atoms with E-state index in [2.05, 4.69) is 35.2 Å². The summed E-state index contributed by atoms with van der Waals surface area (Å²) in [7, 11) is 0. The highest BCUT2D eigenvalue weighted by atomic mass is 35.5. The van der Waals surface area contributed by atoms with Crippen molar-refractivity contribution < 1.29 is 4.39 Å². The average molecular weight is 653 g/mol.